The topological polar surface area (TPSA) is 364 Å². The summed E-state index contributed by atoms with van der Waals surface area (Å²) in [7, 11) is -16.4. The van der Waals surface area contributed by atoms with Gasteiger partial charge in [-0.25, -0.2) is 28.6 Å². The molecule has 0 aromatic carbocycles. The van der Waals surface area contributed by atoms with Crippen LogP contribution in [0.5, 0.6) is 0 Å². The lowest BCUT2D eigenvalue weighted by atomic mass is 9.87. The van der Waals surface area contributed by atoms with E-state index in [-0.39, 0.29) is 41.6 Å². The quantitative estimate of drug-likeness (QED) is 0.0292. The van der Waals surface area contributed by atoms with Crippen LogP contribution in [0.3, 0.4) is 0 Å². The normalized spacial score (nSPS) is 20.6. The number of allylic oxidation sites excluding steroid dienone is 8. The van der Waals surface area contributed by atoms with Crippen molar-refractivity contribution in [3.05, 3.63) is 61.3 Å². The number of nitrogens with two attached hydrogens (primary N) is 1. The fourth-order valence-electron chi connectivity index (χ4n) is 6.00. The highest BCUT2D eigenvalue weighted by molar-refractivity contribution is 8.13. The molecule has 2 aromatic rings. The summed E-state index contributed by atoms with van der Waals surface area (Å²) in [6.45, 7) is 2.63. The number of amides is 2. The van der Waals surface area contributed by atoms with Gasteiger partial charge in [-0.1, -0.05) is 81.1 Å². The number of aliphatic hydroxyl groups excluding tert-OH is 2. The predicted molar refractivity (Wildman–Crippen MR) is 246 cm³/mol. The summed E-state index contributed by atoms with van der Waals surface area (Å²) < 4.78 is 62.4. The molecule has 24 nitrogen and oxygen atoms in total. The van der Waals surface area contributed by atoms with Crippen molar-refractivity contribution in [2.45, 2.75) is 109 Å². The maximum atomic E-state index is 12.7. The fraction of sp³-hybridized carbons (Fsp3) is 0.590. The molecule has 2 aromatic heterocycles. The third kappa shape index (κ3) is 21.4. The number of nitrogens with one attached hydrogen (secondary N) is 2. The Morgan fingerprint density at radius 2 is 1.55 bits per heavy atom. The van der Waals surface area contributed by atoms with Gasteiger partial charge >= 0.3 is 23.5 Å². The molecule has 1 saturated heterocycles. The predicted octanol–water partition coefficient (Wildman–Crippen LogP) is 4.03. The molecule has 2 amide bonds. The monoisotopic (exact) mass is 1030 g/mol. The Kier molecular flexibility index (Phi) is 24.4. The smallest absolute Gasteiger partial charge is 0.386 e. The third-order valence-corrected chi connectivity index (χ3v) is 13.5. The van der Waals surface area contributed by atoms with Gasteiger partial charge in [0.25, 0.3) is 0 Å². The van der Waals surface area contributed by atoms with Gasteiger partial charge < -0.3 is 50.9 Å². The first-order valence-corrected chi connectivity index (χ1v) is 26.7. The molecule has 0 spiro atoms. The number of nitrogens with zero attached hydrogens (tertiary/aromatic N) is 4. The maximum Gasteiger partial charge on any atom is 0.481 e. The average Bonchev–Trinajstić information content (AvgIpc) is 3.81. The first-order valence-electron chi connectivity index (χ1n) is 21.2. The van der Waals surface area contributed by atoms with E-state index in [1.165, 1.54) is 13.8 Å². The molecule has 0 radical (unpaired) electrons. The van der Waals surface area contributed by atoms with Crippen LogP contribution < -0.4 is 16.4 Å². The zero-order valence-corrected chi connectivity index (χ0v) is 40.8. The molecule has 0 aliphatic carbocycles. The molecule has 3 heterocycles. The van der Waals surface area contributed by atoms with E-state index in [9.17, 15) is 57.9 Å². The number of hydrogen-bond donors (Lipinski definition) is 9. The first-order chi connectivity index (χ1) is 31.6. The van der Waals surface area contributed by atoms with Crippen molar-refractivity contribution >= 4 is 69.1 Å². The van der Waals surface area contributed by atoms with Crippen LogP contribution >= 0.6 is 35.2 Å². The summed E-state index contributed by atoms with van der Waals surface area (Å²) in [5, 5.41) is 26.6. The van der Waals surface area contributed by atoms with E-state index in [1.54, 1.807) is 0 Å². The molecule has 0 bridgehead atoms. The van der Waals surface area contributed by atoms with E-state index in [4.69, 9.17) is 19.5 Å². The number of carbonyl (C=O) groups excluding carboxylic acids is 3. The van der Waals surface area contributed by atoms with Crippen molar-refractivity contribution in [2.24, 2.45) is 5.41 Å². The Morgan fingerprint density at radius 3 is 2.21 bits per heavy atom. The Balaban J connectivity index is 1.32. The van der Waals surface area contributed by atoms with Crippen LogP contribution in [0.4, 0.5) is 5.82 Å². The number of phosphoric ester groups is 3. The molecule has 376 valence electrons. The molecule has 3 unspecified atom stereocenters. The minimum Gasteiger partial charge on any atom is -0.386 e. The number of anilines is 1. The number of hydrogen-bond acceptors (Lipinski definition) is 18. The number of ether oxygens (including phenoxy) is 1. The molecular formula is C39H62N7O17P3S. The van der Waals surface area contributed by atoms with Crippen LogP contribution in [0, 0.1) is 5.41 Å². The van der Waals surface area contributed by atoms with Crippen molar-refractivity contribution < 1.29 is 80.5 Å². The minimum absolute atomic E-state index is 0.0244. The Labute approximate surface area is 392 Å². The number of rotatable bonds is 31. The zero-order chi connectivity index (χ0) is 49.7. The van der Waals surface area contributed by atoms with Crippen LogP contribution in [0.1, 0.15) is 84.8 Å². The van der Waals surface area contributed by atoms with Gasteiger partial charge in [0, 0.05) is 37.1 Å². The lowest BCUT2D eigenvalue weighted by molar-refractivity contribution is -0.137. The van der Waals surface area contributed by atoms with Gasteiger partial charge in [-0.15, -0.1) is 0 Å². The number of thioether (sulfide) groups is 1. The lowest BCUT2D eigenvalue weighted by Crippen LogP contribution is -2.46. The van der Waals surface area contributed by atoms with E-state index < -0.39 is 84.6 Å². The zero-order valence-electron chi connectivity index (χ0n) is 37.3. The maximum absolute atomic E-state index is 12.7. The number of imidazole rings is 1. The van der Waals surface area contributed by atoms with Gasteiger partial charge in [-0.3, -0.25) is 32.5 Å². The van der Waals surface area contributed by atoms with E-state index in [1.807, 2.05) is 0 Å². The third-order valence-electron chi connectivity index (χ3n) is 9.49. The van der Waals surface area contributed by atoms with E-state index >= 15 is 0 Å². The molecule has 10 N–H and O–H groups in total. The minimum atomic E-state index is -5.58. The van der Waals surface area contributed by atoms with Crippen molar-refractivity contribution in [3.63, 3.8) is 0 Å². The SMILES string of the molecule is CC/C=C\C/C=C\C/C=C\C/C=C\CCCCC(=O)SCCNC(=O)CCNC(=O)[C@H](O)C(C)(C)COP(=O)(O)OP(=O)(O)OC[C@H]1O[C@@H](n2cnc3c(N)ncnc32)C(O)[C@H]1OP(=O)(O)O. The number of aromatic nitrogens is 4. The molecule has 0 saturated carbocycles. The molecule has 1 aliphatic rings. The van der Waals surface area contributed by atoms with Crippen molar-refractivity contribution in [1.29, 1.82) is 0 Å². The number of fused-ring (bicyclic) bond motifs is 1. The molecule has 1 aliphatic heterocycles. The Bertz CT molecular complexity index is 2190. The number of carbonyl (C=O) groups is 3. The largest absolute Gasteiger partial charge is 0.481 e. The molecule has 67 heavy (non-hydrogen) atoms. The van der Waals surface area contributed by atoms with Crippen molar-refractivity contribution in [2.75, 3.05) is 37.8 Å². The van der Waals surface area contributed by atoms with E-state index in [0.717, 1.165) is 73.9 Å². The van der Waals surface area contributed by atoms with Crippen LogP contribution in [0.2, 0.25) is 0 Å². The first kappa shape index (κ1) is 57.8. The average molecular weight is 1030 g/mol. The summed E-state index contributed by atoms with van der Waals surface area (Å²) in [6.07, 6.45) is 16.9. The number of unbranched alkanes of at least 4 members (excludes halogenated alkanes) is 2. The van der Waals surface area contributed by atoms with E-state index in [2.05, 4.69) is 90.0 Å². The Hall–Kier alpha value is -3.48. The van der Waals surface area contributed by atoms with Crippen LogP contribution in [0.15, 0.2) is 61.3 Å². The second-order valence-corrected chi connectivity index (χ2v) is 20.9. The highest BCUT2D eigenvalue weighted by Gasteiger charge is 2.50. The summed E-state index contributed by atoms with van der Waals surface area (Å²) in [5.74, 6) is -1.08. The Morgan fingerprint density at radius 1 is 0.910 bits per heavy atom. The van der Waals surface area contributed by atoms with E-state index in [0.29, 0.717) is 12.2 Å². The van der Waals surface area contributed by atoms with Gasteiger partial charge in [0.05, 0.1) is 19.5 Å². The molecule has 28 heteroatoms. The van der Waals surface area contributed by atoms with Gasteiger partial charge in [-0.2, -0.15) is 4.31 Å². The van der Waals surface area contributed by atoms with Gasteiger partial charge in [0.2, 0.25) is 11.8 Å². The number of phosphoric acid groups is 3. The summed E-state index contributed by atoms with van der Waals surface area (Å²) in [4.78, 5) is 88.3. The second-order valence-electron chi connectivity index (χ2n) is 15.5. The van der Waals surface area contributed by atoms with Crippen LogP contribution in [-0.4, -0.2) is 123 Å². The molecule has 7 atom stereocenters. The van der Waals surface area contributed by atoms with Crippen molar-refractivity contribution in [3.8, 4) is 0 Å². The molecular weight excluding hydrogens is 963 g/mol. The summed E-state index contributed by atoms with van der Waals surface area (Å²) in [5.41, 5.74) is 4.27. The van der Waals surface area contributed by atoms with Gasteiger partial charge in [-0.05, 0) is 44.9 Å². The second kappa shape index (κ2) is 28.3. The van der Waals surface area contributed by atoms with Gasteiger partial charge in [0.1, 0.15) is 36.3 Å². The standard InChI is InChI=1S/C39H62N7O17P3S/c1-4-5-6-7-8-9-10-11-12-13-14-15-16-17-18-19-30(48)67-23-22-41-29(47)20-21-42-37(51)34(50)39(2,3)25-60-66(57,58)63-65(55,56)59-24-28-33(62-64(52,53)54)32(49)38(61-28)46-27-45-31-35(40)43-26-44-36(31)46/h5-6,8-9,11-12,14-15,26-28,32-34,38,49-50H,4,7,10,13,16-25H2,1-3H3,(H,41,47)(H,42,51)(H,55,56)(H,57,58)(H2,40,43,44)(H2,52,53,54)/b6-5-,9-8-,12-11-,15-14-/t28-,32?,33+,34+,38-/m1/s1. The van der Waals surface area contributed by atoms with Crippen molar-refractivity contribution in [1.82, 2.24) is 30.2 Å². The molecule has 1 fully saturated rings. The van der Waals surface area contributed by atoms with Crippen LogP contribution in [-0.2, 0) is 50.7 Å². The highest BCUT2D eigenvalue weighted by atomic mass is 32.2. The van der Waals surface area contributed by atoms with Gasteiger partial charge in [0.15, 0.2) is 22.8 Å². The lowest BCUT2D eigenvalue weighted by Gasteiger charge is -2.30. The molecule has 3 rings (SSSR count). The number of nitrogen functional groups attached to an aromatic ring is 1. The number of aliphatic hydroxyl groups is 2. The fourth-order valence-corrected chi connectivity index (χ4v) is 9.55. The highest BCUT2D eigenvalue weighted by Crippen LogP contribution is 2.61. The van der Waals surface area contributed by atoms with Crippen LogP contribution in [0.25, 0.3) is 11.2 Å². The summed E-state index contributed by atoms with van der Waals surface area (Å²) in [6, 6.07) is 0. The summed E-state index contributed by atoms with van der Waals surface area (Å²) >= 11 is 1.12.